The molecule has 0 aliphatic carbocycles. The highest BCUT2D eigenvalue weighted by molar-refractivity contribution is 5.23. The van der Waals surface area contributed by atoms with E-state index >= 15 is 0 Å². The average Bonchev–Trinajstić information content (AvgIpc) is 2.95. The van der Waals surface area contributed by atoms with Gasteiger partial charge in [0.1, 0.15) is 6.04 Å². The quantitative estimate of drug-likeness (QED) is 0.803. The van der Waals surface area contributed by atoms with E-state index in [-0.39, 0.29) is 6.04 Å². The number of hydrogen-bond acceptors (Lipinski definition) is 4. The maximum atomic E-state index is 5.86. The molecule has 0 aliphatic rings. The summed E-state index contributed by atoms with van der Waals surface area (Å²) in [5.41, 5.74) is 1.16. The number of hydrogen-bond donors (Lipinski definition) is 1. The van der Waals surface area contributed by atoms with Crippen LogP contribution in [0.15, 0.2) is 34.7 Å². The number of nitrogens with one attached hydrogen (secondary N) is 1. The largest absolute Gasteiger partial charge is 0.423 e. The second kappa shape index (κ2) is 7.93. The molecule has 4 nitrogen and oxygen atoms in total. The minimum atomic E-state index is -0.0218. The van der Waals surface area contributed by atoms with Crippen molar-refractivity contribution in [3.63, 3.8) is 0 Å². The van der Waals surface area contributed by atoms with Crippen molar-refractivity contribution >= 4 is 0 Å². The molecule has 0 saturated carbocycles. The highest BCUT2D eigenvalue weighted by atomic mass is 16.4. The number of benzene rings is 1. The molecule has 0 saturated heterocycles. The van der Waals surface area contributed by atoms with E-state index in [2.05, 4.69) is 48.4 Å². The Balaban J connectivity index is 2.13. The van der Waals surface area contributed by atoms with Gasteiger partial charge in [-0.1, -0.05) is 51.1 Å². The molecule has 1 heterocycles. The predicted octanol–water partition coefficient (Wildman–Crippen LogP) is 3.75. The van der Waals surface area contributed by atoms with Gasteiger partial charge >= 0.3 is 0 Å². The van der Waals surface area contributed by atoms with Crippen LogP contribution in [-0.4, -0.2) is 16.7 Å². The monoisotopic (exact) mass is 287 g/mol. The van der Waals surface area contributed by atoms with Gasteiger partial charge in [0.05, 0.1) is 0 Å². The Hall–Kier alpha value is -1.68. The summed E-state index contributed by atoms with van der Waals surface area (Å²) in [6, 6.07) is 10.2. The molecular weight excluding hydrogens is 262 g/mol. The van der Waals surface area contributed by atoms with E-state index < -0.39 is 0 Å². The summed E-state index contributed by atoms with van der Waals surface area (Å²) in [6.07, 6.45) is 2.98. The van der Waals surface area contributed by atoms with Gasteiger partial charge in [-0.3, -0.25) is 0 Å². The van der Waals surface area contributed by atoms with Gasteiger partial charge in [0.25, 0.3) is 0 Å². The second-order valence-corrected chi connectivity index (χ2v) is 5.76. The molecule has 0 spiro atoms. The van der Waals surface area contributed by atoms with E-state index in [4.69, 9.17) is 4.42 Å². The zero-order valence-electron chi connectivity index (χ0n) is 13.2. The SMILES string of the molecule is CCCNC(c1ccccc1)c1nnc(CCC(C)C)o1. The normalized spacial score (nSPS) is 12.8. The van der Waals surface area contributed by atoms with E-state index in [1.807, 2.05) is 18.2 Å². The van der Waals surface area contributed by atoms with Gasteiger partial charge in [-0.15, -0.1) is 10.2 Å². The van der Waals surface area contributed by atoms with Crippen molar-refractivity contribution in [1.82, 2.24) is 15.5 Å². The van der Waals surface area contributed by atoms with Gasteiger partial charge in [0, 0.05) is 6.42 Å². The molecule has 0 fully saturated rings. The van der Waals surface area contributed by atoms with Gasteiger partial charge in [0.15, 0.2) is 0 Å². The van der Waals surface area contributed by atoms with Crippen LogP contribution in [0.1, 0.15) is 57.0 Å². The lowest BCUT2D eigenvalue weighted by Crippen LogP contribution is -2.23. The molecule has 2 aromatic rings. The Bertz CT molecular complexity index is 522. The number of rotatable bonds is 8. The van der Waals surface area contributed by atoms with Crippen LogP contribution in [0.3, 0.4) is 0 Å². The third kappa shape index (κ3) is 4.67. The lowest BCUT2D eigenvalue weighted by atomic mass is 10.1. The Morgan fingerprint density at radius 2 is 1.90 bits per heavy atom. The predicted molar refractivity (Wildman–Crippen MR) is 84.0 cm³/mol. The standard InChI is InChI=1S/C17H25N3O/c1-4-12-18-16(14-8-6-5-7-9-14)17-20-19-15(21-17)11-10-13(2)3/h5-9,13,16,18H,4,10-12H2,1-3H3. The first-order valence-electron chi connectivity index (χ1n) is 7.81. The Morgan fingerprint density at radius 3 is 2.57 bits per heavy atom. The third-order valence-corrected chi connectivity index (χ3v) is 3.40. The molecule has 1 atom stereocenters. The summed E-state index contributed by atoms with van der Waals surface area (Å²) in [6.45, 7) is 7.47. The summed E-state index contributed by atoms with van der Waals surface area (Å²) in [7, 11) is 0. The number of aromatic nitrogens is 2. The molecule has 1 aromatic carbocycles. The fraction of sp³-hybridized carbons (Fsp3) is 0.529. The first-order valence-corrected chi connectivity index (χ1v) is 7.81. The van der Waals surface area contributed by atoms with Crippen molar-refractivity contribution in [1.29, 1.82) is 0 Å². The van der Waals surface area contributed by atoms with Gasteiger partial charge in [-0.2, -0.15) is 0 Å². The summed E-state index contributed by atoms with van der Waals surface area (Å²) >= 11 is 0. The van der Waals surface area contributed by atoms with Crippen LogP contribution < -0.4 is 5.32 Å². The van der Waals surface area contributed by atoms with Crippen molar-refractivity contribution in [2.75, 3.05) is 6.54 Å². The van der Waals surface area contributed by atoms with E-state index in [1.54, 1.807) is 0 Å². The second-order valence-electron chi connectivity index (χ2n) is 5.76. The smallest absolute Gasteiger partial charge is 0.237 e. The Morgan fingerprint density at radius 1 is 1.14 bits per heavy atom. The maximum Gasteiger partial charge on any atom is 0.237 e. The molecule has 0 amide bonds. The number of aryl methyl sites for hydroxylation is 1. The summed E-state index contributed by atoms with van der Waals surface area (Å²) in [5, 5.41) is 11.9. The lowest BCUT2D eigenvalue weighted by molar-refractivity contribution is 0.395. The zero-order chi connectivity index (χ0) is 15.1. The van der Waals surface area contributed by atoms with Gasteiger partial charge < -0.3 is 9.73 Å². The third-order valence-electron chi connectivity index (χ3n) is 3.40. The first kappa shape index (κ1) is 15.7. The zero-order valence-corrected chi connectivity index (χ0v) is 13.2. The molecule has 0 bridgehead atoms. The molecular formula is C17H25N3O. The summed E-state index contributed by atoms with van der Waals surface area (Å²) < 4.78 is 5.86. The lowest BCUT2D eigenvalue weighted by Gasteiger charge is -2.14. The molecule has 114 valence electrons. The van der Waals surface area contributed by atoms with Crippen LogP contribution in [0.2, 0.25) is 0 Å². The maximum absolute atomic E-state index is 5.86. The first-order chi connectivity index (χ1) is 10.2. The van der Waals surface area contributed by atoms with Gasteiger partial charge in [0.2, 0.25) is 11.8 Å². The van der Waals surface area contributed by atoms with E-state index in [1.165, 1.54) is 0 Å². The molecule has 1 aromatic heterocycles. The molecule has 1 unspecified atom stereocenters. The van der Waals surface area contributed by atoms with Crippen LogP contribution >= 0.6 is 0 Å². The van der Waals surface area contributed by atoms with Crippen molar-refractivity contribution in [3.8, 4) is 0 Å². The topological polar surface area (TPSA) is 51.0 Å². The van der Waals surface area contributed by atoms with Gasteiger partial charge in [-0.05, 0) is 30.9 Å². The minimum Gasteiger partial charge on any atom is -0.423 e. The van der Waals surface area contributed by atoms with Crippen LogP contribution in [-0.2, 0) is 6.42 Å². The Labute approximate surface area is 127 Å². The van der Waals surface area contributed by atoms with Crippen LogP contribution in [0, 0.1) is 5.92 Å². The molecule has 21 heavy (non-hydrogen) atoms. The fourth-order valence-electron chi connectivity index (χ4n) is 2.18. The number of nitrogens with zero attached hydrogens (tertiary/aromatic N) is 2. The van der Waals surface area contributed by atoms with Gasteiger partial charge in [-0.25, -0.2) is 0 Å². The van der Waals surface area contributed by atoms with Crippen molar-refractivity contribution < 1.29 is 4.42 Å². The van der Waals surface area contributed by atoms with Crippen LogP contribution in [0.4, 0.5) is 0 Å². The fourth-order valence-corrected chi connectivity index (χ4v) is 2.18. The van der Waals surface area contributed by atoms with E-state index in [9.17, 15) is 0 Å². The summed E-state index contributed by atoms with van der Waals surface area (Å²) in [5.74, 6) is 2.04. The van der Waals surface area contributed by atoms with Crippen LogP contribution in [0.25, 0.3) is 0 Å². The highest BCUT2D eigenvalue weighted by Crippen LogP contribution is 2.21. The van der Waals surface area contributed by atoms with E-state index in [0.29, 0.717) is 11.8 Å². The summed E-state index contributed by atoms with van der Waals surface area (Å²) in [4.78, 5) is 0. The highest BCUT2D eigenvalue weighted by Gasteiger charge is 2.19. The van der Waals surface area contributed by atoms with E-state index in [0.717, 1.165) is 37.3 Å². The molecule has 0 aliphatic heterocycles. The van der Waals surface area contributed by atoms with Crippen molar-refractivity contribution in [2.45, 2.75) is 46.1 Å². The Kier molecular flexibility index (Phi) is 5.93. The molecule has 1 N–H and O–H groups in total. The van der Waals surface area contributed by atoms with Crippen molar-refractivity contribution in [2.24, 2.45) is 5.92 Å². The molecule has 4 heteroatoms. The average molecular weight is 287 g/mol. The minimum absolute atomic E-state index is 0.0218. The van der Waals surface area contributed by atoms with Crippen molar-refractivity contribution in [3.05, 3.63) is 47.7 Å². The molecule has 2 rings (SSSR count). The van der Waals surface area contributed by atoms with Crippen LogP contribution in [0.5, 0.6) is 0 Å². The molecule has 0 radical (unpaired) electrons.